The molecule has 1 saturated carbocycles. The van der Waals surface area contributed by atoms with E-state index in [9.17, 15) is 4.79 Å². The van der Waals surface area contributed by atoms with Gasteiger partial charge in [-0.15, -0.1) is 0 Å². The number of rotatable bonds is 9. The highest BCUT2D eigenvalue weighted by Gasteiger charge is 2.35. The first-order valence-electron chi connectivity index (χ1n) is 15.1. The number of benzene rings is 2. The molecule has 3 aliphatic rings. The predicted molar refractivity (Wildman–Crippen MR) is 157 cm³/mol. The van der Waals surface area contributed by atoms with E-state index in [4.69, 9.17) is 9.47 Å². The first-order chi connectivity index (χ1) is 19.6. The minimum absolute atomic E-state index is 0.0364. The first-order valence-corrected chi connectivity index (χ1v) is 15.1. The van der Waals surface area contributed by atoms with Crippen LogP contribution in [0.3, 0.4) is 0 Å². The normalized spacial score (nSPS) is 20.6. The molecule has 1 N–H and O–H groups in total. The van der Waals surface area contributed by atoms with Crippen LogP contribution < -0.4 is 15.0 Å². The summed E-state index contributed by atoms with van der Waals surface area (Å²) in [5.41, 5.74) is 1.87. The molecule has 2 atom stereocenters. The number of para-hydroxylation sites is 2. The molecule has 2 aliphatic heterocycles. The summed E-state index contributed by atoms with van der Waals surface area (Å²) < 4.78 is 26.4. The third-order valence-electron chi connectivity index (χ3n) is 9.04. The zero-order valence-electron chi connectivity index (χ0n) is 23.9. The lowest BCUT2D eigenvalue weighted by Crippen LogP contribution is -2.53. The van der Waals surface area contributed by atoms with Crippen molar-refractivity contribution in [2.45, 2.75) is 50.5 Å². The molecule has 0 radical (unpaired) electrons. The van der Waals surface area contributed by atoms with Crippen molar-refractivity contribution in [3.63, 3.8) is 0 Å². The SMILES string of the molecule is COc1ccccc1N1CCN(CC[C@H](c2ccccc2F)[C@@H](NC(=O)N2CCOCC2)C2CCCCC2)CC1. The number of anilines is 1. The summed E-state index contributed by atoms with van der Waals surface area (Å²) in [5.74, 6) is 1.00. The molecule has 0 bridgehead atoms. The van der Waals surface area contributed by atoms with Crippen molar-refractivity contribution in [3.8, 4) is 5.75 Å². The van der Waals surface area contributed by atoms with Crippen LogP contribution in [0.1, 0.15) is 50.0 Å². The summed E-state index contributed by atoms with van der Waals surface area (Å²) in [4.78, 5) is 20.2. The fraction of sp³-hybridized carbons (Fsp3) is 0.594. The molecule has 0 unspecified atom stereocenters. The zero-order valence-corrected chi connectivity index (χ0v) is 23.9. The zero-order chi connectivity index (χ0) is 27.7. The summed E-state index contributed by atoms with van der Waals surface area (Å²) in [6.45, 7) is 6.93. The number of methoxy groups -OCH3 is 1. The molecule has 8 heteroatoms. The maximum absolute atomic E-state index is 15.4. The Hall–Kier alpha value is -2.84. The number of hydrogen-bond donors (Lipinski definition) is 1. The van der Waals surface area contributed by atoms with E-state index in [1.165, 1.54) is 19.3 Å². The van der Waals surface area contributed by atoms with Crippen LogP contribution in [0.25, 0.3) is 0 Å². The van der Waals surface area contributed by atoms with E-state index in [1.807, 2.05) is 29.2 Å². The first kappa shape index (κ1) is 28.7. The number of nitrogens with zero attached hydrogens (tertiary/aromatic N) is 3. The van der Waals surface area contributed by atoms with E-state index in [2.05, 4.69) is 27.2 Å². The van der Waals surface area contributed by atoms with Gasteiger partial charge in [0.1, 0.15) is 11.6 Å². The average molecular weight is 553 g/mol. The van der Waals surface area contributed by atoms with Gasteiger partial charge in [0, 0.05) is 51.2 Å². The van der Waals surface area contributed by atoms with Crippen molar-refractivity contribution in [2.75, 3.05) is 71.0 Å². The average Bonchev–Trinajstić information content (AvgIpc) is 3.02. The molecule has 2 aromatic carbocycles. The van der Waals surface area contributed by atoms with Crippen molar-refractivity contribution >= 4 is 11.7 Å². The summed E-state index contributed by atoms with van der Waals surface area (Å²) in [5, 5.41) is 3.44. The molecule has 2 aromatic rings. The van der Waals surface area contributed by atoms with Crippen molar-refractivity contribution in [1.29, 1.82) is 0 Å². The van der Waals surface area contributed by atoms with Crippen LogP contribution in [-0.4, -0.2) is 88.0 Å². The smallest absolute Gasteiger partial charge is 0.317 e. The van der Waals surface area contributed by atoms with E-state index in [-0.39, 0.29) is 23.8 Å². The van der Waals surface area contributed by atoms with Crippen LogP contribution in [0.5, 0.6) is 5.75 Å². The Morgan fingerprint density at radius 2 is 1.68 bits per heavy atom. The quantitative estimate of drug-likeness (QED) is 0.468. The summed E-state index contributed by atoms with van der Waals surface area (Å²) in [6.07, 6.45) is 6.54. The highest BCUT2D eigenvalue weighted by atomic mass is 19.1. The Labute approximate surface area is 238 Å². The summed E-state index contributed by atoms with van der Waals surface area (Å²) >= 11 is 0. The van der Waals surface area contributed by atoms with Crippen LogP contribution in [0.2, 0.25) is 0 Å². The Balaban J connectivity index is 1.30. The number of nitrogens with one attached hydrogen (secondary N) is 1. The van der Waals surface area contributed by atoms with Gasteiger partial charge in [-0.05, 0) is 55.5 Å². The maximum atomic E-state index is 15.4. The highest BCUT2D eigenvalue weighted by Crippen LogP contribution is 2.37. The second kappa shape index (κ2) is 14.2. The van der Waals surface area contributed by atoms with Crippen LogP contribution in [-0.2, 0) is 4.74 Å². The minimum Gasteiger partial charge on any atom is -0.495 e. The van der Waals surface area contributed by atoms with Crippen molar-refractivity contribution in [1.82, 2.24) is 15.1 Å². The van der Waals surface area contributed by atoms with Gasteiger partial charge >= 0.3 is 6.03 Å². The topological polar surface area (TPSA) is 57.3 Å². The number of carbonyl (C=O) groups excluding carboxylic acids is 1. The van der Waals surface area contributed by atoms with Crippen LogP contribution in [0, 0.1) is 11.7 Å². The Morgan fingerprint density at radius 1 is 0.975 bits per heavy atom. The molecule has 218 valence electrons. The van der Waals surface area contributed by atoms with Gasteiger partial charge in [0.05, 0.1) is 26.0 Å². The van der Waals surface area contributed by atoms with E-state index < -0.39 is 0 Å². The van der Waals surface area contributed by atoms with E-state index in [0.29, 0.717) is 32.2 Å². The van der Waals surface area contributed by atoms with Crippen LogP contribution in [0.4, 0.5) is 14.9 Å². The lowest BCUT2D eigenvalue weighted by Gasteiger charge is -2.40. The third-order valence-corrected chi connectivity index (χ3v) is 9.04. The van der Waals surface area contributed by atoms with Crippen molar-refractivity contribution in [3.05, 3.63) is 59.9 Å². The van der Waals surface area contributed by atoms with Crippen molar-refractivity contribution < 1.29 is 18.7 Å². The number of amides is 2. The molecular weight excluding hydrogens is 507 g/mol. The Kier molecular flexibility index (Phi) is 10.2. The van der Waals surface area contributed by atoms with Crippen molar-refractivity contribution in [2.24, 2.45) is 5.92 Å². The molecule has 2 saturated heterocycles. The monoisotopic (exact) mass is 552 g/mol. The molecule has 0 spiro atoms. The largest absolute Gasteiger partial charge is 0.495 e. The summed E-state index contributed by atoms with van der Waals surface area (Å²) in [6, 6.07) is 15.2. The van der Waals surface area contributed by atoms with Gasteiger partial charge in [0.25, 0.3) is 0 Å². The second-order valence-electron chi connectivity index (χ2n) is 11.4. The highest BCUT2D eigenvalue weighted by molar-refractivity contribution is 5.74. The van der Waals surface area contributed by atoms with Gasteiger partial charge in [0.2, 0.25) is 0 Å². The Morgan fingerprint density at radius 3 is 2.40 bits per heavy atom. The molecule has 2 heterocycles. The van der Waals surface area contributed by atoms with Crippen LogP contribution >= 0.6 is 0 Å². The van der Waals surface area contributed by atoms with Gasteiger partial charge in [0.15, 0.2) is 0 Å². The second-order valence-corrected chi connectivity index (χ2v) is 11.4. The van der Waals surface area contributed by atoms with E-state index in [0.717, 1.165) is 69.0 Å². The lowest BCUT2D eigenvalue weighted by molar-refractivity contribution is 0.0510. The molecule has 5 rings (SSSR count). The minimum atomic E-state index is -0.171. The standard InChI is InChI=1S/C32H45FN4O3/c1-39-30-14-8-7-13-29(30)36-19-17-35(18-20-36)16-15-27(26-11-5-6-12-28(26)33)31(25-9-3-2-4-10-25)34-32(38)37-21-23-40-24-22-37/h5-8,11-14,25,27,31H,2-4,9-10,15-24H2,1H3,(H,34,38)/t27-,31+/m1/s1. The number of morpholine rings is 1. The molecular formula is C32H45FN4O3. The number of carbonyl (C=O) groups is 1. The molecule has 1 aliphatic carbocycles. The number of hydrogen-bond acceptors (Lipinski definition) is 5. The van der Waals surface area contributed by atoms with Gasteiger partial charge in [-0.2, -0.15) is 0 Å². The number of piperazine rings is 1. The number of ether oxygens (including phenoxy) is 2. The number of halogens is 1. The maximum Gasteiger partial charge on any atom is 0.317 e. The third kappa shape index (κ3) is 7.07. The molecule has 7 nitrogen and oxygen atoms in total. The summed E-state index contributed by atoms with van der Waals surface area (Å²) in [7, 11) is 1.72. The predicted octanol–water partition coefficient (Wildman–Crippen LogP) is 5.12. The van der Waals surface area contributed by atoms with E-state index in [1.54, 1.807) is 19.2 Å². The molecule has 40 heavy (non-hydrogen) atoms. The molecule has 3 fully saturated rings. The van der Waals surface area contributed by atoms with E-state index >= 15 is 4.39 Å². The van der Waals surface area contributed by atoms with Crippen LogP contribution in [0.15, 0.2) is 48.5 Å². The fourth-order valence-corrected chi connectivity index (χ4v) is 6.77. The molecule has 2 amide bonds. The number of urea groups is 1. The molecule has 0 aromatic heterocycles. The van der Waals surface area contributed by atoms with Gasteiger partial charge < -0.3 is 24.6 Å². The van der Waals surface area contributed by atoms with Gasteiger partial charge in [-0.1, -0.05) is 49.6 Å². The van der Waals surface area contributed by atoms with Gasteiger partial charge in [-0.25, -0.2) is 9.18 Å². The fourth-order valence-electron chi connectivity index (χ4n) is 6.77. The Bertz CT molecular complexity index is 1080. The lowest BCUT2D eigenvalue weighted by atomic mass is 9.75. The van der Waals surface area contributed by atoms with Gasteiger partial charge in [-0.3, -0.25) is 4.90 Å².